The summed E-state index contributed by atoms with van der Waals surface area (Å²) in [6.45, 7) is 2.76. The molecule has 4 nitrogen and oxygen atoms in total. The number of aliphatic imine (C=N–C) groups is 1. The summed E-state index contributed by atoms with van der Waals surface area (Å²) in [6, 6.07) is 22.3. The van der Waals surface area contributed by atoms with Crippen LogP contribution in [0.4, 0.5) is 11.4 Å². The maximum atomic E-state index is 13.2. The molecule has 1 amide bonds. The Balaban J connectivity index is 1.54. The number of fused-ring (bicyclic) bond motifs is 2. The zero-order chi connectivity index (χ0) is 18.2. The van der Waals surface area contributed by atoms with Gasteiger partial charge >= 0.3 is 0 Å². The predicted octanol–water partition coefficient (Wildman–Crippen LogP) is 4.36. The minimum atomic E-state index is -0.00346. The van der Waals surface area contributed by atoms with E-state index in [1.807, 2.05) is 53.4 Å². The Morgan fingerprint density at radius 2 is 1.59 bits per heavy atom. The Kier molecular flexibility index (Phi) is 3.98. The molecule has 0 spiro atoms. The molecule has 5 rings (SSSR count). The van der Waals surface area contributed by atoms with Gasteiger partial charge < -0.3 is 0 Å². The number of carbonyl (C=O) groups excluding carboxylic acids is 1. The van der Waals surface area contributed by atoms with Crippen LogP contribution in [-0.4, -0.2) is 36.3 Å². The molecule has 0 N–H and O–H groups in total. The Bertz CT molecular complexity index is 1050. The van der Waals surface area contributed by atoms with Gasteiger partial charge in [0, 0.05) is 5.56 Å². The molecular formula is C23H21N3O. The highest BCUT2D eigenvalue weighted by molar-refractivity contribution is 6.54. The minimum Gasteiger partial charge on any atom is -0.293 e. The van der Waals surface area contributed by atoms with Crippen LogP contribution >= 0.6 is 0 Å². The second-order valence-corrected chi connectivity index (χ2v) is 7.21. The molecule has 0 atom stereocenters. The minimum absolute atomic E-state index is 0.00346. The van der Waals surface area contributed by atoms with Gasteiger partial charge in [-0.2, -0.15) is 0 Å². The average Bonchev–Trinajstić information content (AvgIpc) is 3.31. The normalized spacial score (nSPS) is 18.6. The highest BCUT2D eigenvalue weighted by atomic mass is 16.2. The molecule has 0 bridgehead atoms. The van der Waals surface area contributed by atoms with Gasteiger partial charge in [-0.3, -0.25) is 14.6 Å². The van der Waals surface area contributed by atoms with Crippen LogP contribution in [0.5, 0.6) is 0 Å². The number of anilines is 1. The van der Waals surface area contributed by atoms with Crippen molar-refractivity contribution in [2.45, 2.75) is 12.8 Å². The summed E-state index contributed by atoms with van der Waals surface area (Å²) in [4.78, 5) is 22.2. The molecule has 134 valence electrons. The van der Waals surface area contributed by atoms with Crippen molar-refractivity contribution in [3.8, 4) is 0 Å². The molecule has 27 heavy (non-hydrogen) atoms. The Hall–Kier alpha value is -2.98. The summed E-state index contributed by atoms with van der Waals surface area (Å²) in [5, 5.41) is 2.31. The lowest BCUT2D eigenvalue weighted by Gasteiger charge is -2.23. The molecule has 2 heterocycles. The zero-order valence-electron chi connectivity index (χ0n) is 15.1. The molecule has 3 aromatic rings. The second kappa shape index (κ2) is 6.63. The van der Waals surface area contributed by atoms with Crippen LogP contribution in [0.15, 0.2) is 71.7 Å². The number of amides is 1. The lowest BCUT2D eigenvalue weighted by atomic mass is 10.1. The van der Waals surface area contributed by atoms with Crippen molar-refractivity contribution in [1.82, 2.24) is 4.90 Å². The van der Waals surface area contributed by atoms with Crippen molar-refractivity contribution in [3.63, 3.8) is 0 Å². The number of para-hydroxylation sites is 1. The number of likely N-dealkylation sites (tertiary alicyclic amines) is 1. The first-order chi connectivity index (χ1) is 13.3. The van der Waals surface area contributed by atoms with Crippen molar-refractivity contribution in [2.75, 3.05) is 24.7 Å². The molecule has 4 heteroatoms. The first kappa shape index (κ1) is 16.2. The van der Waals surface area contributed by atoms with E-state index in [9.17, 15) is 4.79 Å². The van der Waals surface area contributed by atoms with Gasteiger partial charge in [-0.1, -0.05) is 48.5 Å². The summed E-state index contributed by atoms with van der Waals surface area (Å²) in [5.74, 6) is -0.00346. The van der Waals surface area contributed by atoms with Crippen LogP contribution in [0.1, 0.15) is 18.4 Å². The van der Waals surface area contributed by atoms with E-state index in [-0.39, 0.29) is 5.91 Å². The SMILES string of the molecule is O=C1C(=Nc2ccc3ccccc3c2)c2ccccc2N1CN1CCCC1. The Morgan fingerprint density at radius 3 is 2.44 bits per heavy atom. The third kappa shape index (κ3) is 2.92. The third-order valence-electron chi connectivity index (χ3n) is 5.41. The monoisotopic (exact) mass is 355 g/mol. The third-order valence-corrected chi connectivity index (χ3v) is 5.41. The van der Waals surface area contributed by atoms with Crippen LogP contribution in [0.2, 0.25) is 0 Å². The fraction of sp³-hybridized carbons (Fsp3) is 0.217. The molecule has 2 aliphatic rings. The van der Waals surface area contributed by atoms with E-state index in [1.54, 1.807) is 0 Å². The van der Waals surface area contributed by atoms with Gasteiger partial charge in [0.2, 0.25) is 0 Å². The van der Waals surface area contributed by atoms with Crippen LogP contribution in [0.25, 0.3) is 10.8 Å². The van der Waals surface area contributed by atoms with Gasteiger partial charge in [-0.15, -0.1) is 0 Å². The maximum absolute atomic E-state index is 13.2. The van der Waals surface area contributed by atoms with E-state index >= 15 is 0 Å². The topological polar surface area (TPSA) is 35.9 Å². The predicted molar refractivity (Wildman–Crippen MR) is 110 cm³/mol. The molecule has 3 aromatic carbocycles. The number of hydrogen-bond donors (Lipinski definition) is 0. The highest BCUT2D eigenvalue weighted by Crippen LogP contribution is 2.32. The second-order valence-electron chi connectivity index (χ2n) is 7.21. The first-order valence-corrected chi connectivity index (χ1v) is 9.51. The number of rotatable bonds is 3. The largest absolute Gasteiger partial charge is 0.293 e. The van der Waals surface area contributed by atoms with Crippen molar-refractivity contribution in [1.29, 1.82) is 0 Å². The fourth-order valence-electron chi connectivity index (χ4n) is 4.01. The molecule has 0 aliphatic carbocycles. The van der Waals surface area contributed by atoms with Crippen molar-refractivity contribution in [3.05, 3.63) is 72.3 Å². The number of carbonyl (C=O) groups is 1. The van der Waals surface area contributed by atoms with E-state index < -0.39 is 0 Å². The molecule has 0 unspecified atom stereocenters. The van der Waals surface area contributed by atoms with E-state index in [1.165, 1.54) is 18.2 Å². The van der Waals surface area contributed by atoms with Gasteiger partial charge in [-0.25, -0.2) is 4.99 Å². The fourth-order valence-corrected chi connectivity index (χ4v) is 4.01. The van der Waals surface area contributed by atoms with E-state index in [0.29, 0.717) is 12.4 Å². The lowest BCUT2D eigenvalue weighted by molar-refractivity contribution is -0.112. The number of benzene rings is 3. The maximum Gasteiger partial charge on any atom is 0.278 e. The van der Waals surface area contributed by atoms with Crippen LogP contribution in [0, 0.1) is 0 Å². The van der Waals surface area contributed by atoms with E-state index in [4.69, 9.17) is 4.99 Å². The molecule has 0 aromatic heterocycles. The summed E-state index contributed by atoms with van der Waals surface area (Å²) in [7, 11) is 0. The van der Waals surface area contributed by atoms with Crippen LogP contribution < -0.4 is 4.90 Å². The smallest absolute Gasteiger partial charge is 0.278 e. The summed E-state index contributed by atoms with van der Waals surface area (Å²) in [6.07, 6.45) is 2.42. The highest BCUT2D eigenvalue weighted by Gasteiger charge is 2.34. The Morgan fingerprint density at radius 1 is 0.852 bits per heavy atom. The number of nitrogens with zero attached hydrogens (tertiary/aromatic N) is 3. The summed E-state index contributed by atoms with van der Waals surface area (Å²) >= 11 is 0. The standard InChI is InChI=1S/C23H21N3O/c27-23-22(24-19-12-11-17-7-1-2-8-18(17)15-19)20-9-3-4-10-21(20)26(23)16-25-13-5-6-14-25/h1-4,7-12,15H,5-6,13-14,16H2. The van der Waals surface area contributed by atoms with E-state index in [2.05, 4.69) is 23.1 Å². The van der Waals surface area contributed by atoms with Gasteiger partial charge in [-0.05, 0) is 54.9 Å². The molecule has 0 saturated carbocycles. The zero-order valence-corrected chi connectivity index (χ0v) is 15.1. The van der Waals surface area contributed by atoms with Crippen molar-refractivity contribution < 1.29 is 4.79 Å². The molecule has 0 radical (unpaired) electrons. The summed E-state index contributed by atoms with van der Waals surface area (Å²) < 4.78 is 0. The molecule has 2 aliphatic heterocycles. The van der Waals surface area contributed by atoms with Crippen LogP contribution in [-0.2, 0) is 4.79 Å². The van der Waals surface area contributed by atoms with Crippen molar-refractivity contribution >= 4 is 33.8 Å². The van der Waals surface area contributed by atoms with Gasteiger partial charge in [0.1, 0.15) is 5.71 Å². The van der Waals surface area contributed by atoms with Crippen LogP contribution in [0.3, 0.4) is 0 Å². The summed E-state index contributed by atoms with van der Waals surface area (Å²) in [5.41, 5.74) is 3.25. The van der Waals surface area contributed by atoms with Gasteiger partial charge in [0.05, 0.1) is 18.0 Å². The van der Waals surface area contributed by atoms with Crippen molar-refractivity contribution in [2.24, 2.45) is 4.99 Å². The van der Waals surface area contributed by atoms with Gasteiger partial charge in [0.15, 0.2) is 0 Å². The molecule has 1 saturated heterocycles. The average molecular weight is 355 g/mol. The Labute approximate surface area is 158 Å². The lowest BCUT2D eigenvalue weighted by Crippen LogP contribution is -2.39. The number of hydrogen-bond acceptors (Lipinski definition) is 3. The van der Waals surface area contributed by atoms with E-state index in [0.717, 1.165) is 35.4 Å². The quantitative estimate of drug-likeness (QED) is 0.700. The molecular weight excluding hydrogens is 334 g/mol. The first-order valence-electron chi connectivity index (χ1n) is 9.51. The molecule has 1 fully saturated rings. The van der Waals surface area contributed by atoms with Gasteiger partial charge in [0.25, 0.3) is 5.91 Å².